The van der Waals surface area contributed by atoms with Crippen molar-refractivity contribution in [1.29, 1.82) is 0 Å². The molecule has 0 aliphatic heterocycles. The number of aryl methyl sites for hydroxylation is 1. The number of aromatic nitrogens is 7. The Hall–Kier alpha value is -3.35. The van der Waals surface area contributed by atoms with Crippen LogP contribution >= 0.6 is 0 Å². The summed E-state index contributed by atoms with van der Waals surface area (Å²) in [5, 5.41) is 3.56. The predicted octanol–water partition coefficient (Wildman–Crippen LogP) is 3.45. The zero-order valence-electron chi connectivity index (χ0n) is 18.2. The van der Waals surface area contributed by atoms with Crippen LogP contribution in [0.15, 0.2) is 36.9 Å². The highest BCUT2D eigenvalue weighted by Crippen LogP contribution is 2.34. The minimum Gasteiger partial charge on any atom is -0.316 e. The smallest absolute Gasteiger partial charge is 0.316 e. The van der Waals surface area contributed by atoms with Crippen LogP contribution in [0.25, 0.3) is 22.4 Å². The summed E-state index contributed by atoms with van der Waals surface area (Å²) in [7, 11) is -3.50. The van der Waals surface area contributed by atoms with Crippen LogP contribution in [0.4, 0.5) is 13.2 Å². The molecule has 1 atom stereocenters. The van der Waals surface area contributed by atoms with E-state index in [-0.39, 0.29) is 12.2 Å². The van der Waals surface area contributed by atoms with Crippen molar-refractivity contribution >= 4 is 21.1 Å². The van der Waals surface area contributed by atoms with Crippen LogP contribution in [0.3, 0.4) is 0 Å². The fraction of sp³-hybridized carbons (Fsp3) is 0.381. The third kappa shape index (κ3) is 4.04. The molecule has 1 aliphatic carbocycles. The Morgan fingerprint density at radius 3 is 2.62 bits per heavy atom. The minimum absolute atomic E-state index is 0.241. The molecule has 0 bridgehead atoms. The standard InChI is InChI=1S/C21H20F3N7O2S/c1-12(21(22,23)24)31-13(2)28-18-10-26-16(8-19(18)31)7-15-5-6-25-20(29-15)14-9-27-30(11-14)34(32,33)17-3-4-17/h5-6,8-12,17H,3-4,7H2,1-2H3. The normalized spacial score (nSPS) is 15.7. The molecule has 9 nitrogen and oxygen atoms in total. The zero-order valence-corrected chi connectivity index (χ0v) is 19.0. The van der Waals surface area contributed by atoms with Crippen LogP contribution in [-0.4, -0.2) is 53.5 Å². The number of alkyl halides is 3. The van der Waals surface area contributed by atoms with Crippen molar-refractivity contribution in [1.82, 2.24) is 33.7 Å². The molecule has 0 spiro atoms. The molecule has 0 radical (unpaired) electrons. The first-order valence-electron chi connectivity index (χ1n) is 10.6. The van der Waals surface area contributed by atoms with E-state index in [1.165, 1.54) is 31.7 Å². The number of pyridine rings is 1. The number of fused-ring (bicyclic) bond motifs is 1. The Morgan fingerprint density at radius 1 is 1.15 bits per heavy atom. The van der Waals surface area contributed by atoms with Gasteiger partial charge in [0.1, 0.15) is 17.4 Å². The predicted molar refractivity (Wildman–Crippen MR) is 116 cm³/mol. The summed E-state index contributed by atoms with van der Waals surface area (Å²) in [5.74, 6) is 0.545. The Kier molecular flexibility index (Phi) is 5.19. The van der Waals surface area contributed by atoms with E-state index < -0.39 is 27.5 Å². The van der Waals surface area contributed by atoms with Gasteiger partial charge in [-0.15, -0.1) is 0 Å². The van der Waals surface area contributed by atoms with Crippen molar-refractivity contribution in [2.24, 2.45) is 0 Å². The van der Waals surface area contributed by atoms with Gasteiger partial charge in [-0.3, -0.25) is 4.98 Å². The molecule has 4 aromatic heterocycles. The van der Waals surface area contributed by atoms with Crippen molar-refractivity contribution in [3.05, 3.63) is 54.1 Å². The lowest BCUT2D eigenvalue weighted by atomic mass is 10.2. The SMILES string of the molecule is Cc1nc2cnc(Cc3ccnc(-c4cnn(S(=O)(=O)C5CC5)c4)n3)cc2n1C(C)C(F)(F)F. The van der Waals surface area contributed by atoms with Crippen molar-refractivity contribution in [2.45, 2.75) is 50.6 Å². The molecule has 0 amide bonds. The monoisotopic (exact) mass is 491 g/mol. The van der Waals surface area contributed by atoms with Gasteiger partial charge in [0.05, 0.1) is 40.6 Å². The summed E-state index contributed by atoms with van der Waals surface area (Å²) in [6.07, 6.45) is 2.84. The van der Waals surface area contributed by atoms with Gasteiger partial charge in [0.25, 0.3) is 10.0 Å². The van der Waals surface area contributed by atoms with Gasteiger partial charge in [-0.05, 0) is 38.8 Å². The lowest BCUT2D eigenvalue weighted by Gasteiger charge is -2.19. The fourth-order valence-corrected chi connectivity index (χ4v) is 5.27. The van der Waals surface area contributed by atoms with Crippen LogP contribution < -0.4 is 0 Å². The number of halogens is 3. The van der Waals surface area contributed by atoms with Crippen molar-refractivity contribution in [3.8, 4) is 11.4 Å². The summed E-state index contributed by atoms with van der Waals surface area (Å²) in [4.78, 5) is 17.2. The molecule has 4 aromatic rings. The van der Waals surface area contributed by atoms with Gasteiger partial charge >= 0.3 is 6.18 Å². The van der Waals surface area contributed by atoms with Crippen molar-refractivity contribution < 1.29 is 21.6 Å². The van der Waals surface area contributed by atoms with E-state index in [4.69, 9.17) is 0 Å². The molecule has 1 unspecified atom stereocenters. The largest absolute Gasteiger partial charge is 0.408 e. The molecular formula is C21H20F3N7O2S. The molecule has 0 N–H and O–H groups in total. The first-order chi connectivity index (χ1) is 16.0. The molecular weight excluding hydrogens is 471 g/mol. The maximum absolute atomic E-state index is 13.4. The Labute approximate surface area is 192 Å². The van der Waals surface area contributed by atoms with Gasteiger partial charge in [-0.2, -0.15) is 22.4 Å². The molecule has 0 saturated heterocycles. The third-order valence-electron chi connectivity index (χ3n) is 5.77. The van der Waals surface area contributed by atoms with Gasteiger partial charge in [0, 0.05) is 18.3 Å². The van der Waals surface area contributed by atoms with Crippen LogP contribution in [0.5, 0.6) is 0 Å². The van der Waals surface area contributed by atoms with Gasteiger partial charge < -0.3 is 4.57 Å². The molecule has 4 heterocycles. The van der Waals surface area contributed by atoms with Crippen molar-refractivity contribution in [2.75, 3.05) is 0 Å². The molecule has 34 heavy (non-hydrogen) atoms. The van der Waals surface area contributed by atoms with Gasteiger partial charge in [0.2, 0.25) is 0 Å². The summed E-state index contributed by atoms with van der Waals surface area (Å²) in [6, 6.07) is 1.52. The maximum atomic E-state index is 13.4. The topological polar surface area (TPSA) is 108 Å². The highest BCUT2D eigenvalue weighted by Gasteiger charge is 2.39. The lowest BCUT2D eigenvalue weighted by Crippen LogP contribution is -2.24. The van der Waals surface area contributed by atoms with Crippen LogP contribution in [-0.2, 0) is 16.4 Å². The second-order valence-corrected chi connectivity index (χ2v) is 10.4. The number of hydrogen-bond donors (Lipinski definition) is 0. The average Bonchev–Trinajstić information content (AvgIpc) is 3.43. The Morgan fingerprint density at radius 2 is 1.91 bits per heavy atom. The van der Waals surface area contributed by atoms with E-state index in [1.807, 2.05) is 0 Å². The van der Waals surface area contributed by atoms with Crippen LogP contribution in [0.2, 0.25) is 0 Å². The van der Waals surface area contributed by atoms with Gasteiger partial charge in [-0.25, -0.2) is 23.4 Å². The van der Waals surface area contributed by atoms with E-state index >= 15 is 0 Å². The minimum atomic E-state index is -4.42. The van der Waals surface area contributed by atoms with Crippen molar-refractivity contribution in [3.63, 3.8) is 0 Å². The molecule has 1 fully saturated rings. The summed E-state index contributed by atoms with van der Waals surface area (Å²) in [5.41, 5.74) is 2.25. The second-order valence-electron chi connectivity index (χ2n) is 8.31. The van der Waals surface area contributed by atoms with E-state index in [0.29, 0.717) is 46.7 Å². The van der Waals surface area contributed by atoms with E-state index in [0.717, 1.165) is 15.6 Å². The molecule has 13 heteroatoms. The summed E-state index contributed by atoms with van der Waals surface area (Å²) < 4.78 is 67.0. The lowest BCUT2D eigenvalue weighted by molar-refractivity contribution is -0.162. The Balaban J connectivity index is 1.44. The van der Waals surface area contributed by atoms with Gasteiger partial charge in [-0.1, -0.05) is 0 Å². The van der Waals surface area contributed by atoms with E-state index in [9.17, 15) is 21.6 Å². The maximum Gasteiger partial charge on any atom is 0.408 e. The number of rotatable bonds is 6. The number of hydrogen-bond acceptors (Lipinski definition) is 7. The zero-order chi connectivity index (χ0) is 24.3. The third-order valence-corrected chi connectivity index (χ3v) is 7.81. The van der Waals surface area contributed by atoms with Gasteiger partial charge in [0.15, 0.2) is 5.82 Å². The second kappa shape index (κ2) is 7.86. The van der Waals surface area contributed by atoms with Crippen LogP contribution in [0.1, 0.15) is 43.0 Å². The highest BCUT2D eigenvalue weighted by molar-refractivity contribution is 7.90. The fourth-order valence-electron chi connectivity index (χ4n) is 3.79. The molecule has 1 saturated carbocycles. The average molecular weight is 491 g/mol. The molecule has 1 aliphatic rings. The first kappa shape index (κ1) is 22.4. The molecule has 178 valence electrons. The Bertz CT molecular complexity index is 1490. The first-order valence-corrected chi connectivity index (χ1v) is 12.1. The van der Waals surface area contributed by atoms with E-state index in [1.54, 1.807) is 12.1 Å². The molecule has 5 rings (SSSR count). The van der Waals surface area contributed by atoms with E-state index in [2.05, 4.69) is 25.0 Å². The van der Waals surface area contributed by atoms with Crippen LogP contribution in [0, 0.1) is 6.92 Å². The number of imidazole rings is 1. The summed E-state index contributed by atoms with van der Waals surface area (Å²) >= 11 is 0. The quantitative estimate of drug-likeness (QED) is 0.406. The number of nitrogens with zero attached hydrogens (tertiary/aromatic N) is 7. The summed E-state index contributed by atoms with van der Waals surface area (Å²) in [6.45, 7) is 2.62. The molecule has 0 aromatic carbocycles. The highest BCUT2D eigenvalue weighted by atomic mass is 32.2.